The van der Waals surface area contributed by atoms with E-state index in [2.05, 4.69) is 0 Å². The second-order valence-corrected chi connectivity index (χ2v) is 6.67. The van der Waals surface area contributed by atoms with Crippen molar-refractivity contribution in [2.75, 3.05) is 7.11 Å². The molecule has 4 rings (SSSR count). The molecule has 3 aromatic carbocycles. The molecule has 0 saturated carbocycles. The Morgan fingerprint density at radius 2 is 1.63 bits per heavy atom. The predicted molar refractivity (Wildman–Crippen MR) is 103 cm³/mol. The van der Waals surface area contributed by atoms with Crippen molar-refractivity contribution in [2.45, 2.75) is 18.7 Å². The third kappa shape index (κ3) is 3.20. The molecule has 2 atom stereocenters. The SMILES string of the molecule is COc1ccc(CN2C(=O)c3ccccc3C2C(O)c2ccccc2)cc1. The molecule has 1 N–H and O–H groups in total. The highest BCUT2D eigenvalue weighted by Crippen LogP contribution is 2.42. The van der Waals surface area contributed by atoms with Gasteiger partial charge in [0.15, 0.2) is 0 Å². The van der Waals surface area contributed by atoms with Crippen LogP contribution in [-0.2, 0) is 6.54 Å². The van der Waals surface area contributed by atoms with E-state index in [0.717, 1.165) is 22.4 Å². The first kappa shape index (κ1) is 17.3. The fourth-order valence-corrected chi connectivity index (χ4v) is 3.67. The van der Waals surface area contributed by atoms with Gasteiger partial charge in [0.05, 0.1) is 13.2 Å². The molecule has 1 heterocycles. The second-order valence-electron chi connectivity index (χ2n) is 6.67. The molecule has 1 aliphatic heterocycles. The van der Waals surface area contributed by atoms with Crippen LogP contribution in [0.1, 0.15) is 39.2 Å². The number of benzene rings is 3. The Labute approximate surface area is 158 Å². The monoisotopic (exact) mass is 359 g/mol. The molecule has 4 nitrogen and oxygen atoms in total. The van der Waals surface area contributed by atoms with Crippen LogP contribution in [0.25, 0.3) is 0 Å². The molecule has 0 radical (unpaired) electrons. The minimum absolute atomic E-state index is 0.0543. The Kier molecular flexibility index (Phi) is 4.65. The highest BCUT2D eigenvalue weighted by atomic mass is 16.5. The molecular formula is C23H21NO3. The highest BCUT2D eigenvalue weighted by Gasteiger charge is 2.40. The highest BCUT2D eigenvalue weighted by molar-refractivity contribution is 5.99. The van der Waals surface area contributed by atoms with Crippen LogP contribution in [0.15, 0.2) is 78.9 Å². The number of methoxy groups -OCH3 is 1. The van der Waals surface area contributed by atoms with E-state index in [9.17, 15) is 9.90 Å². The number of amides is 1. The van der Waals surface area contributed by atoms with E-state index < -0.39 is 12.1 Å². The lowest BCUT2D eigenvalue weighted by atomic mass is 9.95. The molecule has 4 heteroatoms. The third-order valence-corrected chi connectivity index (χ3v) is 5.06. The number of aliphatic hydroxyl groups excluding tert-OH is 1. The lowest BCUT2D eigenvalue weighted by Crippen LogP contribution is -2.31. The first-order chi connectivity index (χ1) is 13.2. The summed E-state index contributed by atoms with van der Waals surface area (Å²) in [6.07, 6.45) is -0.794. The average molecular weight is 359 g/mol. The summed E-state index contributed by atoms with van der Waals surface area (Å²) >= 11 is 0. The van der Waals surface area contributed by atoms with E-state index >= 15 is 0 Å². The van der Waals surface area contributed by atoms with Crippen molar-refractivity contribution in [3.63, 3.8) is 0 Å². The van der Waals surface area contributed by atoms with Gasteiger partial charge in [-0.05, 0) is 34.9 Å². The first-order valence-electron chi connectivity index (χ1n) is 8.95. The molecular weight excluding hydrogens is 338 g/mol. The molecule has 0 aromatic heterocycles. The van der Waals surface area contributed by atoms with Crippen molar-refractivity contribution in [3.8, 4) is 5.75 Å². The molecule has 2 unspecified atom stereocenters. The van der Waals surface area contributed by atoms with Gasteiger partial charge in [0.2, 0.25) is 0 Å². The Morgan fingerprint density at radius 3 is 2.33 bits per heavy atom. The van der Waals surface area contributed by atoms with E-state index in [1.807, 2.05) is 78.9 Å². The van der Waals surface area contributed by atoms with Crippen LogP contribution in [0.5, 0.6) is 5.75 Å². The number of nitrogens with zero attached hydrogens (tertiary/aromatic N) is 1. The number of aliphatic hydroxyl groups is 1. The number of rotatable bonds is 5. The summed E-state index contributed by atoms with van der Waals surface area (Å²) in [6, 6.07) is 24.3. The molecule has 3 aromatic rings. The topological polar surface area (TPSA) is 49.8 Å². The van der Waals surface area contributed by atoms with Gasteiger partial charge in [0.1, 0.15) is 11.9 Å². The standard InChI is InChI=1S/C23H21NO3/c1-27-18-13-11-16(12-14-18)15-24-21(22(25)17-7-3-2-4-8-17)19-9-5-6-10-20(19)23(24)26/h2-14,21-22,25H,15H2,1H3. The Bertz CT molecular complexity index is 937. The molecule has 0 bridgehead atoms. The third-order valence-electron chi connectivity index (χ3n) is 5.06. The second kappa shape index (κ2) is 7.25. The molecule has 0 saturated heterocycles. The van der Waals surface area contributed by atoms with Crippen LogP contribution in [0.4, 0.5) is 0 Å². The zero-order valence-corrected chi connectivity index (χ0v) is 15.1. The summed E-state index contributed by atoms with van der Waals surface area (Å²) in [7, 11) is 1.63. The Hall–Kier alpha value is -3.11. The summed E-state index contributed by atoms with van der Waals surface area (Å²) in [4.78, 5) is 14.8. The van der Waals surface area contributed by atoms with Gasteiger partial charge in [0, 0.05) is 12.1 Å². The largest absolute Gasteiger partial charge is 0.497 e. The Morgan fingerprint density at radius 1 is 0.963 bits per heavy atom. The first-order valence-corrected chi connectivity index (χ1v) is 8.95. The van der Waals surface area contributed by atoms with E-state index in [1.165, 1.54) is 0 Å². The molecule has 0 spiro atoms. The van der Waals surface area contributed by atoms with Crippen molar-refractivity contribution >= 4 is 5.91 Å². The summed E-state index contributed by atoms with van der Waals surface area (Å²) in [6.45, 7) is 0.423. The molecule has 136 valence electrons. The maximum Gasteiger partial charge on any atom is 0.255 e. The minimum atomic E-state index is -0.794. The fraction of sp³-hybridized carbons (Fsp3) is 0.174. The minimum Gasteiger partial charge on any atom is -0.497 e. The van der Waals surface area contributed by atoms with Crippen LogP contribution >= 0.6 is 0 Å². The molecule has 1 aliphatic rings. The van der Waals surface area contributed by atoms with Gasteiger partial charge < -0.3 is 14.7 Å². The van der Waals surface area contributed by atoms with E-state index in [-0.39, 0.29) is 5.91 Å². The fourth-order valence-electron chi connectivity index (χ4n) is 3.67. The summed E-state index contributed by atoms with van der Waals surface area (Å²) in [5, 5.41) is 11.1. The molecule has 0 aliphatic carbocycles. The van der Waals surface area contributed by atoms with Crippen molar-refractivity contribution in [1.82, 2.24) is 4.90 Å². The van der Waals surface area contributed by atoms with Crippen LogP contribution in [0, 0.1) is 0 Å². The zero-order valence-electron chi connectivity index (χ0n) is 15.1. The van der Waals surface area contributed by atoms with Crippen molar-refractivity contribution in [3.05, 3.63) is 101 Å². The van der Waals surface area contributed by atoms with E-state index in [0.29, 0.717) is 12.1 Å². The van der Waals surface area contributed by atoms with Crippen LogP contribution in [0.2, 0.25) is 0 Å². The van der Waals surface area contributed by atoms with Gasteiger partial charge in [-0.15, -0.1) is 0 Å². The Balaban J connectivity index is 1.70. The number of carbonyl (C=O) groups is 1. The van der Waals surface area contributed by atoms with Gasteiger partial charge in [-0.1, -0.05) is 60.7 Å². The van der Waals surface area contributed by atoms with Gasteiger partial charge in [-0.25, -0.2) is 0 Å². The van der Waals surface area contributed by atoms with E-state index in [1.54, 1.807) is 12.0 Å². The number of hydrogen-bond donors (Lipinski definition) is 1. The van der Waals surface area contributed by atoms with Gasteiger partial charge in [0.25, 0.3) is 5.91 Å². The number of ether oxygens (including phenoxy) is 1. The van der Waals surface area contributed by atoms with Crippen molar-refractivity contribution < 1.29 is 14.6 Å². The molecule has 1 amide bonds. The number of hydrogen-bond acceptors (Lipinski definition) is 3. The zero-order chi connectivity index (χ0) is 18.8. The lowest BCUT2D eigenvalue weighted by molar-refractivity contribution is 0.0399. The number of carbonyl (C=O) groups excluding carboxylic acids is 1. The van der Waals surface area contributed by atoms with Crippen LogP contribution < -0.4 is 4.74 Å². The predicted octanol–water partition coefficient (Wildman–Crippen LogP) is 4.13. The number of fused-ring (bicyclic) bond motifs is 1. The summed E-state index contributed by atoms with van der Waals surface area (Å²) < 4.78 is 5.21. The lowest BCUT2D eigenvalue weighted by Gasteiger charge is -2.30. The van der Waals surface area contributed by atoms with E-state index in [4.69, 9.17) is 4.74 Å². The smallest absolute Gasteiger partial charge is 0.255 e. The van der Waals surface area contributed by atoms with Gasteiger partial charge in [-0.2, -0.15) is 0 Å². The van der Waals surface area contributed by atoms with Gasteiger partial charge >= 0.3 is 0 Å². The summed E-state index contributed by atoms with van der Waals surface area (Å²) in [5.74, 6) is 0.719. The van der Waals surface area contributed by atoms with Crippen LogP contribution in [-0.4, -0.2) is 23.0 Å². The molecule has 0 fully saturated rings. The molecule has 27 heavy (non-hydrogen) atoms. The van der Waals surface area contributed by atoms with Crippen LogP contribution in [0.3, 0.4) is 0 Å². The van der Waals surface area contributed by atoms with Gasteiger partial charge in [-0.3, -0.25) is 4.79 Å². The maximum absolute atomic E-state index is 13.1. The van der Waals surface area contributed by atoms with Crippen molar-refractivity contribution in [2.24, 2.45) is 0 Å². The normalized spacial score (nSPS) is 16.9. The quantitative estimate of drug-likeness (QED) is 0.745. The summed E-state index contributed by atoms with van der Waals surface area (Å²) in [5.41, 5.74) is 3.31. The average Bonchev–Trinajstić information content (AvgIpc) is 3.01. The van der Waals surface area contributed by atoms with Crippen molar-refractivity contribution in [1.29, 1.82) is 0 Å². The maximum atomic E-state index is 13.1.